The van der Waals surface area contributed by atoms with E-state index in [0.29, 0.717) is 12.1 Å². The van der Waals surface area contributed by atoms with E-state index in [2.05, 4.69) is 67.3 Å². The van der Waals surface area contributed by atoms with Crippen molar-refractivity contribution in [3.8, 4) is 21.8 Å². The Balaban J connectivity index is 1.39. The van der Waals surface area contributed by atoms with Crippen molar-refractivity contribution in [2.45, 2.75) is 32.6 Å². The summed E-state index contributed by atoms with van der Waals surface area (Å²) in [7, 11) is 0. The SMILES string of the molecule is CCCC(=O)N/C(C=C1CC1)=C/C(=C\N)c1cc2c(-c3cc4c(-c5cccs5)cccc4[nH]3)n[nH]c2cn1. The maximum Gasteiger partial charge on any atom is 0.224 e. The zero-order valence-corrected chi connectivity index (χ0v) is 21.9. The van der Waals surface area contributed by atoms with Crippen LogP contribution in [0.25, 0.3) is 49.2 Å². The lowest BCUT2D eigenvalue weighted by molar-refractivity contribution is -0.120. The quantitative estimate of drug-likeness (QED) is 0.171. The van der Waals surface area contributed by atoms with Crippen LogP contribution >= 0.6 is 11.3 Å². The van der Waals surface area contributed by atoms with Gasteiger partial charge in [0.25, 0.3) is 0 Å². The van der Waals surface area contributed by atoms with Gasteiger partial charge in [-0.15, -0.1) is 11.3 Å². The van der Waals surface area contributed by atoms with E-state index in [4.69, 9.17) is 5.73 Å². The number of nitrogens with two attached hydrogens (primary N) is 1. The molecule has 0 spiro atoms. The van der Waals surface area contributed by atoms with Gasteiger partial charge in [-0.05, 0) is 61.1 Å². The van der Waals surface area contributed by atoms with Crippen molar-refractivity contribution < 1.29 is 4.79 Å². The van der Waals surface area contributed by atoms with Gasteiger partial charge in [-0.2, -0.15) is 5.10 Å². The zero-order valence-electron chi connectivity index (χ0n) is 21.0. The fourth-order valence-electron chi connectivity index (χ4n) is 4.59. The van der Waals surface area contributed by atoms with Crippen LogP contribution in [0, 0.1) is 0 Å². The lowest BCUT2D eigenvalue weighted by Crippen LogP contribution is -2.21. The van der Waals surface area contributed by atoms with Crippen LogP contribution in [-0.4, -0.2) is 26.1 Å². The molecule has 1 saturated carbocycles. The van der Waals surface area contributed by atoms with Gasteiger partial charge >= 0.3 is 0 Å². The second-order valence-corrected chi connectivity index (χ2v) is 10.4. The Morgan fingerprint density at radius 2 is 2.05 bits per heavy atom. The van der Waals surface area contributed by atoms with Crippen LogP contribution in [0.1, 0.15) is 38.3 Å². The van der Waals surface area contributed by atoms with Crippen molar-refractivity contribution >= 4 is 44.6 Å². The lowest BCUT2D eigenvalue weighted by atomic mass is 10.1. The van der Waals surface area contributed by atoms with Gasteiger partial charge in [0.15, 0.2) is 0 Å². The van der Waals surface area contributed by atoms with Crippen LogP contribution in [0.4, 0.5) is 0 Å². The zero-order chi connectivity index (χ0) is 26.1. The molecule has 1 aliphatic carbocycles. The summed E-state index contributed by atoms with van der Waals surface area (Å²) in [5.74, 6) is -0.00566. The minimum Gasteiger partial charge on any atom is -0.404 e. The Morgan fingerprint density at radius 3 is 2.82 bits per heavy atom. The van der Waals surface area contributed by atoms with E-state index in [1.807, 2.05) is 25.1 Å². The molecule has 190 valence electrons. The minimum atomic E-state index is -0.00566. The molecule has 0 atom stereocenters. The van der Waals surface area contributed by atoms with Crippen molar-refractivity contribution in [1.82, 2.24) is 25.5 Å². The molecule has 0 aliphatic heterocycles. The maximum atomic E-state index is 12.3. The van der Waals surface area contributed by atoms with Gasteiger partial charge in [-0.25, -0.2) is 0 Å². The summed E-state index contributed by atoms with van der Waals surface area (Å²) in [6.45, 7) is 1.99. The predicted molar refractivity (Wildman–Crippen MR) is 155 cm³/mol. The average Bonchev–Trinajstić information content (AvgIpc) is 3.29. The van der Waals surface area contributed by atoms with E-state index >= 15 is 0 Å². The Hall–Kier alpha value is -4.43. The molecular formula is C30H28N6OS. The number of pyridine rings is 1. The first kappa shape index (κ1) is 23.9. The molecule has 5 aromatic rings. The molecule has 4 aromatic heterocycles. The molecule has 4 heterocycles. The first-order valence-corrected chi connectivity index (χ1v) is 13.6. The summed E-state index contributed by atoms with van der Waals surface area (Å²) in [6.07, 6.45) is 10.6. The Morgan fingerprint density at radius 1 is 1.16 bits per heavy atom. The van der Waals surface area contributed by atoms with Crippen LogP contribution in [-0.2, 0) is 4.79 Å². The largest absolute Gasteiger partial charge is 0.404 e. The summed E-state index contributed by atoms with van der Waals surface area (Å²) in [5.41, 5.74) is 14.4. The van der Waals surface area contributed by atoms with Gasteiger partial charge in [0, 0.05) is 50.6 Å². The number of H-pyrrole nitrogens is 2. The number of amides is 1. The topological polar surface area (TPSA) is 112 Å². The first-order chi connectivity index (χ1) is 18.6. The molecule has 38 heavy (non-hydrogen) atoms. The van der Waals surface area contributed by atoms with Gasteiger partial charge in [0.1, 0.15) is 5.69 Å². The van der Waals surface area contributed by atoms with E-state index in [-0.39, 0.29) is 5.91 Å². The Kier molecular flexibility index (Phi) is 6.39. The molecule has 0 radical (unpaired) electrons. The smallest absolute Gasteiger partial charge is 0.224 e. The number of allylic oxidation sites excluding steroid dienone is 4. The fraction of sp³-hybridized carbons (Fsp3) is 0.167. The third-order valence-corrected chi connectivity index (χ3v) is 7.50. The number of aromatic amines is 2. The Bertz CT molecular complexity index is 1730. The van der Waals surface area contributed by atoms with Crippen LogP contribution in [0.5, 0.6) is 0 Å². The summed E-state index contributed by atoms with van der Waals surface area (Å²) < 4.78 is 0. The molecule has 0 bridgehead atoms. The number of carbonyl (C=O) groups is 1. The number of nitrogens with one attached hydrogen (secondary N) is 3. The highest BCUT2D eigenvalue weighted by Gasteiger charge is 2.16. The monoisotopic (exact) mass is 520 g/mol. The molecule has 0 saturated heterocycles. The summed E-state index contributed by atoms with van der Waals surface area (Å²) >= 11 is 1.73. The molecule has 1 amide bonds. The van der Waals surface area contributed by atoms with Crippen LogP contribution in [0.3, 0.4) is 0 Å². The molecule has 0 unspecified atom stereocenters. The number of hydrogen-bond donors (Lipinski definition) is 4. The molecule has 1 fully saturated rings. The van der Waals surface area contributed by atoms with Gasteiger partial charge in [0.2, 0.25) is 5.91 Å². The number of aromatic nitrogens is 4. The molecule has 8 heteroatoms. The third-order valence-electron chi connectivity index (χ3n) is 6.60. The van der Waals surface area contributed by atoms with Crippen molar-refractivity contribution in [3.05, 3.63) is 89.4 Å². The number of benzene rings is 1. The fourth-order valence-corrected chi connectivity index (χ4v) is 5.35. The highest BCUT2D eigenvalue weighted by atomic mass is 32.1. The molecule has 7 nitrogen and oxygen atoms in total. The highest BCUT2D eigenvalue weighted by Crippen LogP contribution is 2.36. The Labute approximate surface area is 224 Å². The molecule has 1 aliphatic rings. The van der Waals surface area contributed by atoms with Gasteiger partial charge in [-0.3, -0.25) is 14.9 Å². The molecular weight excluding hydrogens is 492 g/mol. The number of rotatable bonds is 8. The second kappa shape index (κ2) is 10.1. The summed E-state index contributed by atoms with van der Waals surface area (Å²) in [4.78, 5) is 21.7. The number of fused-ring (bicyclic) bond motifs is 2. The van der Waals surface area contributed by atoms with Crippen LogP contribution in [0.15, 0.2) is 83.7 Å². The highest BCUT2D eigenvalue weighted by molar-refractivity contribution is 7.13. The van der Waals surface area contributed by atoms with Gasteiger partial charge in [-0.1, -0.05) is 30.7 Å². The maximum absolute atomic E-state index is 12.3. The van der Waals surface area contributed by atoms with E-state index in [1.165, 1.54) is 22.2 Å². The van der Waals surface area contributed by atoms with Crippen LogP contribution < -0.4 is 11.1 Å². The van der Waals surface area contributed by atoms with E-state index in [1.54, 1.807) is 17.5 Å². The summed E-state index contributed by atoms with van der Waals surface area (Å²) in [6, 6.07) is 14.7. The van der Waals surface area contributed by atoms with E-state index < -0.39 is 0 Å². The number of hydrogen-bond acceptors (Lipinski definition) is 5. The predicted octanol–water partition coefficient (Wildman–Crippen LogP) is 6.65. The standard InChI is InChI=1S/C30H28N6OS/c1-2-5-29(37)33-20(12-18-9-10-18)13-19(16-31)25-15-23-27(17-32-25)35-36-30(23)26-14-22-21(28-8-4-11-38-28)6-3-7-24(22)34-26/h3-4,6-8,11-17,34H,2,5,9-10,31H2,1H3,(H,33,37)(H,35,36)/b19-16+,20-13+. The van der Waals surface area contributed by atoms with E-state index in [9.17, 15) is 4.79 Å². The molecule has 6 rings (SSSR count). The second-order valence-electron chi connectivity index (χ2n) is 9.44. The normalized spacial score (nSPS) is 13.9. The van der Waals surface area contributed by atoms with Crippen molar-refractivity contribution in [2.75, 3.05) is 0 Å². The molecule has 5 N–H and O–H groups in total. The molecule has 1 aromatic carbocycles. The van der Waals surface area contributed by atoms with Crippen molar-refractivity contribution in [3.63, 3.8) is 0 Å². The first-order valence-electron chi connectivity index (χ1n) is 12.8. The van der Waals surface area contributed by atoms with Crippen LogP contribution in [0.2, 0.25) is 0 Å². The van der Waals surface area contributed by atoms with Gasteiger partial charge < -0.3 is 16.0 Å². The average molecular weight is 521 g/mol. The number of thiophene rings is 1. The minimum absolute atomic E-state index is 0.00566. The number of carbonyl (C=O) groups excluding carboxylic acids is 1. The van der Waals surface area contributed by atoms with Crippen molar-refractivity contribution in [1.29, 1.82) is 0 Å². The lowest BCUT2D eigenvalue weighted by Gasteiger charge is -2.08. The number of nitrogens with zero attached hydrogens (tertiary/aromatic N) is 2. The van der Waals surface area contributed by atoms with E-state index in [0.717, 1.165) is 63.7 Å². The summed E-state index contributed by atoms with van der Waals surface area (Å²) in [5, 5.41) is 14.9. The van der Waals surface area contributed by atoms with Crippen molar-refractivity contribution in [2.24, 2.45) is 5.73 Å². The third kappa shape index (κ3) is 4.78. The van der Waals surface area contributed by atoms with Gasteiger partial charge in [0.05, 0.1) is 23.1 Å².